The number of aromatic nitrogens is 2. The summed E-state index contributed by atoms with van der Waals surface area (Å²) in [5, 5.41) is 8.41. The second kappa shape index (κ2) is 7.66. The molecule has 1 amide bonds. The van der Waals surface area contributed by atoms with E-state index >= 15 is 0 Å². The van der Waals surface area contributed by atoms with Gasteiger partial charge in [-0.3, -0.25) is 9.69 Å². The maximum atomic E-state index is 12.0. The second-order valence-electron chi connectivity index (χ2n) is 6.83. The van der Waals surface area contributed by atoms with Crippen LogP contribution in [0.3, 0.4) is 0 Å². The number of hydrogen-bond acceptors (Lipinski definition) is 6. The average Bonchev–Trinajstić information content (AvgIpc) is 3.21. The number of amides is 1. The standard InChI is InChI=1S/C18H26N4O2S/c1-5-14-13(4)10-15(25-14)17-20-19-16(24-17)11-21-6-8-22(9-7-21)18(23)12(2)3/h10,12H,5-9,11H2,1-4H3. The summed E-state index contributed by atoms with van der Waals surface area (Å²) < 4.78 is 5.86. The van der Waals surface area contributed by atoms with Gasteiger partial charge in [-0.05, 0) is 25.0 Å². The van der Waals surface area contributed by atoms with Crippen molar-refractivity contribution >= 4 is 17.2 Å². The third kappa shape index (κ3) is 4.10. The number of carbonyl (C=O) groups is 1. The molecule has 7 heteroatoms. The molecule has 0 bridgehead atoms. The van der Waals surface area contributed by atoms with Crippen molar-refractivity contribution in [2.24, 2.45) is 5.92 Å². The van der Waals surface area contributed by atoms with E-state index in [2.05, 4.69) is 35.0 Å². The maximum absolute atomic E-state index is 12.0. The van der Waals surface area contributed by atoms with Gasteiger partial charge in [0.25, 0.3) is 5.89 Å². The fourth-order valence-electron chi connectivity index (χ4n) is 3.08. The minimum Gasteiger partial charge on any atom is -0.419 e. The third-order valence-electron chi connectivity index (χ3n) is 4.56. The largest absolute Gasteiger partial charge is 0.419 e. The number of hydrogen-bond donors (Lipinski definition) is 0. The molecule has 0 aromatic carbocycles. The highest BCUT2D eigenvalue weighted by atomic mass is 32.1. The summed E-state index contributed by atoms with van der Waals surface area (Å²) in [5.74, 6) is 1.55. The molecule has 0 saturated carbocycles. The van der Waals surface area contributed by atoms with Gasteiger partial charge in [-0.1, -0.05) is 20.8 Å². The van der Waals surface area contributed by atoms with Crippen molar-refractivity contribution in [3.63, 3.8) is 0 Å². The highest BCUT2D eigenvalue weighted by Crippen LogP contribution is 2.30. The van der Waals surface area contributed by atoms with Crippen LogP contribution < -0.4 is 0 Å². The lowest BCUT2D eigenvalue weighted by molar-refractivity contribution is -0.136. The molecule has 3 rings (SSSR count). The number of aryl methyl sites for hydroxylation is 2. The predicted octanol–water partition coefficient (Wildman–Crippen LogP) is 2.97. The van der Waals surface area contributed by atoms with Gasteiger partial charge >= 0.3 is 0 Å². The van der Waals surface area contributed by atoms with Crippen molar-refractivity contribution < 1.29 is 9.21 Å². The van der Waals surface area contributed by atoms with Gasteiger partial charge in [-0.25, -0.2) is 0 Å². The van der Waals surface area contributed by atoms with E-state index < -0.39 is 0 Å². The fraction of sp³-hybridized carbons (Fsp3) is 0.611. The Morgan fingerprint density at radius 1 is 1.28 bits per heavy atom. The zero-order valence-corrected chi connectivity index (χ0v) is 16.2. The summed E-state index contributed by atoms with van der Waals surface area (Å²) >= 11 is 1.72. The van der Waals surface area contributed by atoms with Crippen LogP contribution in [0.2, 0.25) is 0 Å². The molecule has 136 valence electrons. The molecule has 2 aromatic rings. The minimum atomic E-state index is 0.0623. The van der Waals surface area contributed by atoms with Crippen LogP contribution in [-0.2, 0) is 17.8 Å². The molecule has 0 spiro atoms. The van der Waals surface area contributed by atoms with E-state index in [4.69, 9.17) is 4.42 Å². The summed E-state index contributed by atoms with van der Waals surface area (Å²) in [7, 11) is 0. The topological polar surface area (TPSA) is 62.5 Å². The lowest BCUT2D eigenvalue weighted by Gasteiger charge is -2.34. The Kier molecular flexibility index (Phi) is 5.54. The Labute approximate surface area is 152 Å². The molecule has 0 unspecified atom stereocenters. The predicted molar refractivity (Wildman–Crippen MR) is 98.4 cm³/mol. The van der Waals surface area contributed by atoms with Gasteiger partial charge in [0.15, 0.2) is 0 Å². The molecule has 6 nitrogen and oxygen atoms in total. The van der Waals surface area contributed by atoms with Gasteiger partial charge in [-0.2, -0.15) is 0 Å². The van der Waals surface area contributed by atoms with Crippen LogP contribution in [-0.4, -0.2) is 52.1 Å². The molecule has 0 N–H and O–H groups in total. The SMILES string of the molecule is CCc1sc(-c2nnc(CN3CCN(C(=O)C(C)C)CC3)o2)cc1C. The smallest absolute Gasteiger partial charge is 0.257 e. The highest BCUT2D eigenvalue weighted by Gasteiger charge is 2.24. The lowest BCUT2D eigenvalue weighted by Crippen LogP contribution is -2.49. The molecule has 1 aliphatic rings. The molecule has 0 aliphatic carbocycles. The van der Waals surface area contributed by atoms with Gasteiger partial charge in [0, 0.05) is 37.0 Å². The van der Waals surface area contributed by atoms with E-state index in [-0.39, 0.29) is 11.8 Å². The first-order valence-corrected chi connectivity index (χ1v) is 9.72. The van der Waals surface area contributed by atoms with Gasteiger partial charge in [0.1, 0.15) is 0 Å². The van der Waals surface area contributed by atoms with Crippen LogP contribution in [0.4, 0.5) is 0 Å². The molecule has 1 saturated heterocycles. The zero-order chi connectivity index (χ0) is 18.0. The summed E-state index contributed by atoms with van der Waals surface area (Å²) in [6.45, 7) is 12.0. The van der Waals surface area contributed by atoms with E-state index in [1.165, 1.54) is 10.4 Å². The lowest BCUT2D eigenvalue weighted by atomic mass is 10.1. The van der Waals surface area contributed by atoms with Crippen LogP contribution >= 0.6 is 11.3 Å². The van der Waals surface area contributed by atoms with Crippen LogP contribution in [0.1, 0.15) is 37.1 Å². The monoisotopic (exact) mass is 362 g/mol. The van der Waals surface area contributed by atoms with Crippen LogP contribution in [0, 0.1) is 12.8 Å². The normalized spacial score (nSPS) is 16.0. The molecule has 1 aliphatic heterocycles. The molecule has 25 heavy (non-hydrogen) atoms. The summed E-state index contributed by atoms with van der Waals surface area (Å²) in [6.07, 6.45) is 1.02. The van der Waals surface area contributed by atoms with Gasteiger partial charge in [0.2, 0.25) is 11.8 Å². The van der Waals surface area contributed by atoms with E-state index in [0.717, 1.165) is 37.5 Å². The molecule has 2 aromatic heterocycles. The van der Waals surface area contributed by atoms with Gasteiger partial charge in [-0.15, -0.1) is 21.5 Å². The van der Waals surface area contributed by atoms with Gasteiger partial charge in [0.05, 0.1) is 11.4 Å². The van der Waals surface area contributed by atoms with Crippen molar-refractivity contribution in [3.8, 4) is 10.8 Å². The van der Waals surface area contributed by atoms with E-state index in [1.54, 1.807) is 11.3 Å². The minimum absolute atomic E-state index is 0.0623. The number of thiophene rings is 1. The molecule has 0 atom stereocenters. The van der Waals surface area contributed by atoms with Crippen molar-refractivity contribution in [2.75, 3.05) is 26.2 Å². The molecular formula is C18H26N4O2S. The quantitative estimate of drug-likeness (QED) is 0.818. The number of piperazine rings is 1. The van der Waals surface area contributed by atoms with Crippen molar-refractivity contribution in [3.05, 3.63) is 22.4 Å². The van der Waals surface area contributed by atoms with Crippen molar-refractivity contribution in [2.45, 2.75) is 40.7 Å². The Morgan fingerprint density at radius 2 is 2.00 bits per heavy atom. The zero-order valence-electron chi connectivity index (χ0n) is 15.4. The molecular weight excluding hydrogens is 336 g/mol. The summed E-state index contributed by atoms with van der Waals surface area (Å²) in [4.78, 5) is 18.7. The van der Waals surface area contributed by atoms with E-state index in [9.17, 15) is 4.79 Å². The Balaban J connectivity index is 1.58. The van der Waals surface area contributed by atoms with Crippen LogP contribution in [0.25, 0.3) is 10.8 Å². The summed E-state index contributed by atoms with van der Waals surface area (Å²) in [5.41, 5.74) is 1.29. The maximum Gasteiger partial charge on any atom is 0.257 e. The van der Waals surface area contributed by atoms with Crippen LogP contribution in [0.5, 0.6) is 0 Å². The summed E-state index contributed by atoms with van der Waals surface area (Å²) in [6, 6.07) is 2.12. The number of carbonyl (C=O) groups excluding carboxylic acids is 1. The van der Waals surface area contributed by atoms with Gasteiger partial charge < -0.3 is 9.32 Å². The van der Waals surface area contributed by atoms with Crippen molar-refractivity contribution in [1.29, 1.82) is 0 Å². The van der Waals surface area contributed by atoms with E-state index in [0.29, 0.717) is 18.3 Å². The molecule has 1 fully saturated rings. The average molecular weight is 362 g/mol. The molecule has 0 radical (unpaired) electrons. The first-order valence-electron chi connectivity index (χ1n) is 8.91. The first kappa shape index (κ1) is 18.1. The first-order chi connectivity index (χ1) is 12.0. The highest BCUT2D eigenvalue weighted by molar-refractivity contribution is 7.15. The Morgan fingerprint density at radius 3 is 2.60 bits per heavy atom. The van der Waals surface area contributed by atoms with Crippen LogP contribution in [0.15, 0.2) is 10.5 Å². The van der Waals surface area contributed by atoms with Crippen molar-refractivity contribution in [1.82, 2.24) is 20.0 Å². The second-order valence-corrected chi connectivity index (χ2v) is 7.96. The fourth-order valence-corrected chi connectivity index (χ4v) is 4.11. The Hall–Kier alpha value is -1.73. The Bertz CT molecular complexity index is 729. The number of rotatable bonds is 5. The number of nitrogens with zero attached hydrogens (tertiary/aromatic N) is 4. The van der Waals surface area contributed by atoms with E-state index in [1.807, 2.05) is 18.7 Å². The third-order valence-corrected chi connectivity index (χ3v) is 5.93. The molecule has 3 heterocycles.